The van der Waals surface area contributed by atoms with E-state index in [0.29, 0.717) is 16.9 Å². The summed E-state index contributed by atoms with van der Waals surface area (Å²) in [5, 5.41) is 2.68. The molecule has 0 aliphatic rings. The Labute approximate surface area is 204 Å². The molecule has 2 amide bonds. The number of nitrogens with zero attached hydrogens (tertiary/aromatic N) is 2. The van der Waals surface area contributed by atoms with E-state index in [1.54, 1.807) is 26.0 Å². The number of hydrogen-bond donors (Lipinski definition) is 1. The zero-order valence-electron chi connectivity index (χ0n) is 20.1. The molecule has 2 aromatic rings. The highest BCUT2D eigenvalue weighted by molar-refractivity contribution is 7.92. The Bertz CT molecular complexity index is 1150. The molecule has 1 atom stereocenters. The van der Waals surface area contributed by atoms with Crippen LogP contribution < -0.4 is 9.62 Å². The maximum Gasteiger partial charge on any atom is 0.416 e. The normalized spacial score (nSPS) is 12.7. The Morgan fingerprint density at radius 3 is 2.26 bits per heavy atom. The molecule has 0 heterocycles. The lowest BCUT2D eigenvalue weighted by Gasteiger charge is -2.33. The SMILES string of the molecule is CCNC(=O)C(CC)N(Cc1cccc(C)c1)C(=O)CN(c1cccc(C(F)(F)F)c1)S(C)(=O)=O. The topological polar surface area (TPSA) is 86.8 Å². The Morgan fingerprint density at radius 1 is 1.06 bits per heavy atom. The third kappa shape index (κ3) is 7.71. The number of halogens is 3. The second-order valence-electron chi connectivity index (χ2n) is 8.15. The van der Waals surface area contributed by atoms with Crippen LogP contribution in [-0.2, 0) is 32.3 Å². The van der Waals surface area contributed by atoms with Crippen molar-refractivity contribution in [2.24, 2.45) is 0 Å². The second-order valence-corrected chi connectivity index (χ2v) is 10.1. The molecule has 7 nitrogen and oxygen atoms in total. The number of alkyl halides is 3. The minimum atomic E-state index is -4.69. The lowest BCUT2D eigenvalue weighted by Crippen LogP contribution is -2.52. The van der Waals surface area contributed by atoms with Crippen LogP contribution >= 0.6 is 0 Å². The summed E-state index contributed by atoms with van der Waals surface area (Å²) in [6.45, 7) is 4.92. The smallest absolute Gasteiger partial charge is 0.355 e. The number of hydrogen-bond acceptors (Lipinski definition) is 4. The van der Waals surface area contributed by atoms with Crippen LogP contribution in [0.5, 0.6) is 0 Å². The molecule has 11 heteroatoms. The fourth-order valence-electron chi connectivity index (χ4n) is 3.67. The van der Waals surface area contributed by atoms with E-state index in [9.17, 15) is 31.2 Å². The number of aryl methyl sites for hydroxylation is 1. The first-order valence-electron chi connectivity index (χ1n) is 11.1. The quantitative estimate of drug-likeness (QED) is 0.525. The van der Waals surface area contributed by atoms with E-state index in [2.05, 4.69) is 5.32 Å². The molecule has 0 aromatic heterocycles. The summed E-state index contributed by atoms with van der Waals surface area (Å²) in [4.78, 5) is 27.5. The minimum Gasteiger partial charge on any atom is -0.355 e. The standard InChI is InChI=1S/C24H30F3N3O4S/c1-5-21(23(32)28-6-2)29(15-18-10-7-9-17(3)13-18)22(31)16-30(35(4,33)34)20-12-8-11-19(14-20)24(25,26)27/h7-14,21H,5-6,15-16H2,1-4H3,(H,28,32). The van der Waals surface area contributed by atoms with Crippen molar-refractivity contribution in [1.29, 1.82) is 0 Å². The first kappa shape index (κ1) is 28.2. The van der Waals surface area contributed by atoms with Crippen LogP contribution in [0.1, 0.15) is 37.0 Å². The Morgan fingerprint density at radius 2 is 1.71 bits per heavy atom. The number of amides is 2. The highest BCUT2D eigenvalue weighted by atomic mass is 32.2. The van der Waals surface area contributed by atoms with Gasteiger partial charge in [0.2, 0.25) is 21.8 Å². The van der Waals surface area contributed by atoms with E-state index in [4.69, 9.17) is 0 Å². The van der Waals surface area contributed by atoms with Gasteiger partial charge in [-0.1, -0.05) is 42.8 Å². The van der Waals surface area contributed by atoms with Crippen LogP contribution in [0.3, 0.4) is 0 Å². The molecule has 0 fully saturated rings. The molecule has 0 bridgehead atoms. The van der Waals surface area contributed by atoms with Gasteiger partial charge in [0.05, 0.1) is 17.5 Å². The van der Waals surface area contributed by atoms with Gasteiger partial charge in [0.25, 0.3) is 0 Å². The highest BCUT2D eigenvalue weighted by Gasteiger charge is 2.34. The average Bonchev–Trinajstić information content (AvgIpc) is 2.76. The van der Waals surface area contributed by atoms with Gasteiger partial charge in [-0.2, -0.15) is 13.2 Å². The summed E-state index contributed by atoms with van der Waals surface area (Å²) in [6, 6.07) is 10.2. The number of anilines is 1. The zero-order valence-corrected chi connectivity index (χ0v) is 20.9. The predicted molar refractivity (Wildman–Crippen MR) is 128 cm³/mol. The molecular formula is C24H30F3N3O4S. The first-order chi connectivity index (χ1) is 16.3. The molecule has 2 aromatic carbocycles. The zero-order chi connectivity index (χ0) is 26.4. The minimum absolute atomic E-state index is 0.0242. The van der Waals surface area contributed by atoms with Gasteiger partial charge in [-0.05, 0) is 44.0 Å². The lowest BCUT2D eigenvalue weighted by molar-refractivity contribution is -0.140. The summed E-state index contributed by atoms with van der Waals surface area (Å²) < 4.78 is 65.3. The van der Waals surface area contributed by atoms with Crippen molar-refractivity contribution >= 4 is 27.5 Å². The molecule has 0 radical (unpaired) electrons. The number of carbonyl (C=O) groups is 2. The van der Waals surface area contributed by atoms with Crippen molar-refractivity contribution in [2.45, 2.75) is 46.0 Å². The Hall–Kier alpha value is -3.08. The van der Waals surface area contributed by atoms with Gasteiger partial charge in [0.15, 0.2) is 0 Å². The van der Waals surface area contributed by atoms with Gasteiger partial charge in [-0.3, -0.25) is 13.9 Å². The summed E-state index contributed by atoms with van der Waals surface area (Å²) in [5.74, 6) is -1.12. The van der Waals surface area contributed by atoms with Crippen molar-refractivity contribution in [3.63, 3.8) is 0 Å². The number of rotatable bonds is 10. The van der Waals surface area contributed by atoms with Crippen molar-refractivity contribution in [3.8, 4) is 0 Å². The van der Waals surface area contributed by atoms with Gasteiger partial charge in [0.1, 0.15) is 12.6 Å². The molecular weight excluding hydrogens is 483 g/mol. The van der Waals surface area contributed by atoms with Gasteiger partial charge in [-0.15, -0.1) is 0 Å². The average molecular weight is 514 g/mol. The number of likely N-dealkylation sites (N-methyl/N-ethyl adjacent to an activating group) is 1. The molecule has 0 aliphatic carbocycles. The van der Waals surface area contributed by atoms with Crippen LogP contribution in [-0.4, -0.2) is 50.5 Å². The van der Waals surface area contributed by atoms with E-state index in [0.717, 1.165) is 29.5 Å². The third-order valence-electron chi connectivity index (χ3n) is 5.31. The molecule has 192 valence electrons. The van der Waals surface area contributed by atoms with E-state index in [1.807, 2.05) is 19.1 Å². The number of carbonyl (C=O) groups excluding carboxylic acids is 2. The van der Waals surface area contributed by atoms with Crippen molar-refractivity contribution < 1.29 is 31.2 Å². The summed E-state index contributed by atoms with van der Waals surface area (Å²) in [6.07, 6.45) is -3.62. The summed E-state index contributed by atoms with van der Waals surface area (Å²) in [5.41, 5.74) is 0.326. The molecule has 1 unspecified atom stereocenters. The lowest BCUT2D eigenvalue weighted by atomic mass is 10.1. The number of nitrogens with one attached hydrogen (secondary N) is 1. The van der Waals surface area contributed by atoms with E-state index >= 15 is 0 Å². The number of benzene rings is 2. The fourth-order valence-corrected chi connectivity index (χ4v) is 4.51. The Balaban J connectivity index is 2.48. The van der Waals surface area contributed by atoms with Gasteiger partial charge in [0, 0.05) is 13.1 Å². The molecule has 35 heavy (non-hydrogen) atoms. The van der Waals surface area contributed by atoms with E-state index in [-0.39, 0.29) is 18.7 Å². The Kier molecular flexibility index (Phi) is 9.31. The van der Waals surface area contributed by atoms with Gasteiger partial charge in [-0.25, -0.2) is 8.42 Å². The van der Waals surface area contributed by atoms with E-state index in [1.165, 1.54) is 11.0 Å². The predicted octanol–water partition coefficient (Wildman–Crippen LogP) is 3.72. The maximum absolute atomic E-state index is 13.5. The molecule has 2 rings (SSSR count). The number of sulfonamides is 1. The second kappa shape index (κ2) is 11.6. The van der Waals surface area contributed by atoms with Gasteiger partial charge >= 0.3 is 6.18 Å². The molecule has 0 spiro atoms. The van der Waals surface area contributed by atoms with Crippen LogP contribution in [0.4, 0.5) is 18.9 Å². The van der Waals surface area contributed by atoms with E-state index < -0.39 is 46.2 Å². The molecule has 0 aliphatic heterocycles. The van der Waals surface area contributed by atoms with Crippen LogP contribution in [0.2, 0.25) is 0 Å². The van der Waals surface area contributed by atoms with Crippen LogP contribution in [0.25, 0.3) is 0 Å². The summed E-state index contributed by atoms with van der Waals surface area (Å²) >= 11 is 0. The molecule has 0 saturated heterocycles. The largest absolute Gasteiger partial charge is 0.416 e. The fraction of sp³-hybridized carbons (Fsp3) is 0.417. The van der Waals surface area contributed by atoms with Crippen molar-refractivity contribution in [1.82, 2.24) is 10.2 Å². The third-order valence-corrected chi connectivity index (χ3v) is 6.45. The maximum atomic E-state index is 13.5. The van der Waals surface area contributed by atoms with Crippen molar-refractivity contribution in [2.75, 3.05) is 23.7 Å². The van der Waals surface area contributed by atoms with Gasteiger partial charge < -0.3 is 10.2 Å². The molecule has 1 N–H and O–H groups in total. The summed E-state index contributed by atoms with van der Waals surface area (Å²) in [7, 11) is -4.13. The van der Waals surface area contributed by atoms with Crippen LogP contribution in [0.15, 0.2) is 48.5 Å². The van der Waals surface area contributed by atoms with Crippen molar-refractivity contribution in [3.05, 3.63) is 65.2 Å². The van der Waals surface area contributed by atoms with Crippen LogP contribution in [0, 0.1) is 6.92 Å². The molecule has 0 saturated carbocycles. The highest BCUT2D eigenvalue weighted by Crippen LogP contribution is 2.32. The monoisotopic (exact) mass is 513 g/mol. The first-order valence-corrected chi connectivity index (χ1v) is 12.9.